The van der Waals surface area contributed by atoms with E-state index in [0.717, 1.165) is 35.5 Å². The molecule has 0 radical (unpaired) electrons. The van der Waals surface area contributed by atoms with Crippen molar-refractivity contribution < 1.29 is 27.9 Å². The highest BCUT2D eigenvalue weighted by Crippen LogP contribution is 2.22. The minimum atomic E-state index is -3.93. The number of nitrogens with zero attached hydrogens (tertiary/aromatic N) is 4. The Balaban J connectivity index is 1.13. The standard InChI is InChI=1S/C34H38N6O6S/c1-24(2)32(34(43)44)37-47(45,46)39-20-18-38(19-21-39)28-11-7-25(8-12-28)5-6-26-15-16-35-30(22-26)33(42)36-23-27-9-13-29(14-10-27)40-17-3-4-31(40)41/h7-16,22,24,32,37H,3-4,17-21,23H2,1-2H3,(H,36,42)(H,43,44)/t32-/m1/s1. The Bertz CT molecular complexity index is 1780. The topological polar surface area (TPSA) is 152 Å². The number of carboxylic acids is 1. The smallest absolute Gasteiger partial charge is 0.322 e. The van der Waals surface area contributed by atoms with Crippen LogP contribution in [-0.4, -0.2) is 79.4 Å². The van der Waals surface area contributed by atoms with Gasteiger partial charge in [0.25, 0.3) is 16.1 Å². The quantitative estimate of drug-likeness (QED) is 0.281. The fourth-order valence-corrected chi connectivity index (χ4v) is 6.90. The van der Waals surface area contributed by atoms with Crippen LogP contribution in [0, 0.1) is 17.8 Å². The Morgan fingerprint density at radius 3 is 2.19 bits per heavy atom. The van der Waals surface area contributed by atoms with E-state index in [2.05, 4.69) is 31.8 Å². The van der Waals surface area contributed by atoms with Crippen molar-refractivity contribution in [2.24, 2.45) is 5.92 Å². The molecule has 246 valence electrons. The number of amides is 2. The van der Waals surface area contributed by atoms with Crippen molar-refractivity contribution in [3.05, 3.63) is 89.2 Å². The molecule has 5 rings (SSSR count). The number of anilines is 2. The molecular formula is C34H38N6O6S. The second-order valence-electron chi connectivity index (χ2n) is 11.8. The SMILES string of the molecule is CC(C)[C@@H](NS(=O)(=O)N1CCN(c2ccc(C#Cc3ccnc(C(=O)NCc4ccc(N5CCCC5=O)cc4)c3)cc2)CC1)C(=O)O. The summed E-state index contributed by atoms with van der Waals surface area (Å²) in [5.41, 5.74) is 4.37. The van der Waals surface area contributed by atoms with Gasteiger partial charge < -0.3 is 20.2 Å². The lowest BCUT2D eigenvalue weighted by atomic mass is 10.1. The first kappa shape index (κ1) is 33.6. The third kappa shape index (κ3) is 8.53. The van der Waals surface area contributed by atoms with Crippen molar-refractivity contribution in [2.45, 2.75) is 39.3 Å². The monoisotopic (exact) mass is 658 g/mol. The molecule has 0 unspecified atom stereocenters. The maximum atomic E-state index is 12.8. The normalized spacial score (nSPS) is 16.1. The van der Waals surface area contributed by atoms with Crippen molar-refractivity contribution in [2.75, 3.05) is 42.5 Å². The fourth-order valence-electron chi connectivity index (χ4n) is 5.41. The molecule has 3 heterocycles. The van der Waals surface area contributed by atoms with Crippen LogP contribution in [0.15, 0.2) is 66.9 Å². The second-order valence-corrected chi connectivity index (χ2v) is 13.5. The van der Waals surface area contributed by atoms with Gasteiger partial charge in [0.05, 0.1) is 0 Å². The molecule has 0 saturated carbocycles. The molecule has 0 spiro atoms. The first-order chi connectivity index (χ1) is 22.5. The molecule has 2 fully saturated rings. The zero-order valence-electron chi connectivity index (χ0n) is 26.3. The van der Waals surface area contributed by atoms with Gasteiger partial charge in [-0.2, -0.15) is 17.4 Å². The van der Waals surface area contributed by atoms with E-state index in [0.29, 0.717) is 31.6 Å². The highest BCUT2D eigenvalue weighted by Gasteiger charge is 2.33. The number of benzene rings is 2. The summed E-state index contributed by atoms with van der Waals surface area (Å²) in [6.07, 6.45) is 2.99. The number of piperazine rings is 1. The predicted molar refractivity (Wildman–Crippen MR) is 178 cm³/mol. The van der Waals surface area contributed by atoms with Gasteiger partial charge in [0, 0.05) is 74.4 Å². The summed E-state index contributed by atoms with van der Waals surface area (Å²) in [6.45, 7) is 5.74. The number of aromatic nitrogens is 1. The number of rotatable bonds is 10. The number of pyridine rings is 1. The summed E-state index contributed by atoms with van der Waals surface area (Å²) in [7, 11) is -3.93. The van der Waals surface area contributed by atoms with Crippen molar-refractivity contribution in [3.63, 3.8) is 0 Å². The van der Waals surface area contributed by atoms with Crippen LogP contribution in [-0.2, 0) is 26.3 Å². The average Bonchev–Trinajstić information content (AvgIpc) is 3.51. The second kappa shape index (κ2) is 14.8. The summed E-state index contributed by atoms with van der Waals surface area (Å²) in [5.74, 6) is 4.42. The number of carboxylic acid groups (broad SMARTS) is 1. The van der Waals surface area contributed by atoms with Gasteiger partial charge in [-0.05, 0) is 66.4 Å². The highest BCUT2D eigenvalue weighted by molar-refractivity contribution is 7.87. The number of aliphatic carboxylic acids is 1. The molecule has 0 aliphatic carbocycles. The minimum Gasteiger partial charge on any atom is -0.480 e. The first-order valence-electron chi connectivity index (χ1n) is 15.5. The molecule has 47 heavy (non-hydrogen) atoms. The molecule has 3 N–H and O–H groups in total. The predicted octanol–water partition coefficient (Wildman–Crippen LogP) is 2.60. The van der Waals surface area contributed by atoms with E-state index in [9.17, 15) is 27.9 Å². The molecule has 0 bridgehead atoms. The zero-order valence-corrected chi connectivity index (χ0v) is 27.2. The molecule has 1 atom stereocenters. The van der Waals surface area contributed by atoms with Gasteiger partial charge in [-0.1, -0.05) is 37.8 Å². The van der Waals surface area contributed by atoms with E-state index in [1.165, 1.54) is 4.31 Å². The number of nitrogens with one attached hydrogen (secondary N) is 2. The largest absolute Gasteiger partial charge is 0.480 e. The van der Waals surface area contributed by atoms with Gasteiger partial charge in [0.2, 0.25) is 5.91 Å². The van der Waals surface area contributed by atoms with Crippen molar-refractivity contribution in [1.82, 2.24) is 19.3 Å². The van der Waals surface area contributed by atoms with Crippen LogP contribution in [0.5, 0.6) is 0 Å². The fraction of sp³-hybridized carbons (Fsp3) is 0.353. The Kier molecular flexibility index (Phi) is 10.6. The molecule has 12 nitrogen and oxygen atoms in total. The molecule has 2 amide bonds. The summed E-state index contributed by atoms with van der Waals surface area (Å²) in [5, 5.41) is 12.2. The van der Waals surface area contributed by atoms with Crippen molar-refractivity contribution in [1.29, 1.82) is 0 Å². The molecule has 2 aliphatic rings. The average molecular weight is 659 g/mol. The van der Waals surface area contributed by atoms with Crippen LogP contribution in [0.4, 0.5) is 11.4 Å². The van der Waals surface area contributed by atoms with Crippen LogP contribution < -0.4 is 19.8 Å². The van der Waals surface area contributed by atoms with Gasteiger partial charge in [-0.25, -0.2) is 0 Å². The Labute approximate surface area is 275 Å². The lowest BCUT2D eigenvalue weighted by Gasteiger charge is -2.36. The van der Waals surface area contributed by atoms with Crippen molar-refractivity contribution in [3.8, 4) is 11.8 Å². The van der Waals surface area contributed by atoms with E-state index in [-0.39, 0.29) is 36.5 Å². The Morgan fingerprint density at radius 1 is 0.915 bits per heavy atom. The Hall–Kier alpha value is -4.77. The maximum absolute atomic E-state index is 12.8. The van der Waals surface area contributed by atoms with E-state index in [4.69, 9.17) is 0 Å². The van der Waals surface area contributed by atoms with Crippen molar-refractivity contribution >= 4 is 39.4 Å². The molecule has 13 heteroatoms. The Morgan fingerprint density at radius 2 is 1.57 bits per heavy atom. The van der Waals surface area contributed by atoms with Crippen LogP contribution in [0.1, 0.15) is 53.9 Å². The summed E-state index contributed by atoms with van der Waals surface area (Å²) in [6, 6.07) is 17.4. The van der Waals surface area contributed by atoms with Crippen LogP contribution in [0.25, 0.3) is 0 Å². The first-order valence-corrected chi connectivity index (χ1v) is 16.9. The summed E-state index contributed by atoms with van der Waals surface area (Å²) < 4.78 is 29.1. The molecular weight excluding hydrogens is 620 g/mol. The van der Waals surface area contributed by atoms with Gasteiger partial charge in [0.1, 0.15) is 11.7 Å². The zero-order chi connectivity index (χ0) is 33.6. The van der Waals surface area contributed by atoms with Gasteiger partial charge in [0.15, 0.2) is 0 Å². The van der Waals surface area contributed by atoms with E-state index >= 15 is 0 Å². The molecule has 3 aromatic rings. The highest BCUT2D eigenvalue weighted by atomic mass is 32.2. The van der Waals surface area contributed by atoms with Gasteiger partial charge in [-0.3, -0.25) is 19.4 Å². The molecule has 2 aromatic carbocycles. The van der Waals surface area contributed by atoms with Crippen LogP contribution in [0.3, 0.4) is 0 Å². The lowest BCUT2D eigenvalue weighted by molar-refractivity contribution is -0.140. The number of carbonyl (C=O) groups is 3. The molecule has 1 aromatic heterocycles. The third-order valence-corrected chi connectivity index (χ3v) is 9.73. The van der Waals surface area contributed by atoms with Gasteiger partial charge >= 0.3 is 5.97 Å². The van der Waals surface area contributed by atoms with E-state index in [1.807, 2.05) is 48.5 Å². The van der Waals surface area contributed by atoms with Gasteiger partial charge in [-0.15, -0.1) is 0 Å². The summed E-state index contributed by atoms with van der Waals surface area (Å²) in [4.78, 5) is 44.2. The van der Waals surface area contributed by atoms with Crippen LogP contribution in [0.2, 0.25) is 0 Å². The third-order valence-electron chi connectivity index (χ3n) is 8.14. The minimum absolute atomic E-state index is 0.134. The molecule has 2 saturated heterocycles. The number of hydrogen-bond donors (Lipinski definition) is 3. The maximum Gasteiger partial charge on any atom is 0.322 e. The summed E-state index contributed by atoms with van der Waals surface area (Å²) >= 11 is 0. The number of hydrogen-bond acceptors (Lipinski definition) is 7. The van der Waals surface area contributed by atoms with Crippen LogP contribution >= 0.6 is 0 Å². The lowest BCUT2D eigenvalue weighted by Crippen LogP contribution is -2.55. The van der Waals surface area contributed by atoms with E-state index < -0.39 is 22.2 Å². The number of carbonyl (C=O) groups excluding carboxylic acids is 2. The van der Waals surface area contributed by atoms with E-state index in [1.54, 1.807) is 37.1 Å². The molecule has 2 aliphatic heterocycles.